The molecule has 1 fully saturated rings. The lowest BCUT2D eigenvalue weighted by atomic mass is 10.2. The highest BCUT2D eigenvalue weighted by Gasteiger charge is 2.34. The molecular formula is C23H21N3O4S2. The number of hydrogen-bond acceptors (Lipinski definition) is 6. The molecule has 2 aromatic carbocycles. The Morgan fingerprint density at radius 2 is 1.81 bits per heavy atom. The zero-order chi connectivity index (χ0) is 22.6. The molecule has 0 saturated carbocycles. The number of amides is 1. The molecule has 0 N–H and O–H groups in total. The molecule has 1 aliphatic heterocycles. The molecule has 1 amide bonds. The SMILES string of the molecule is COCCCN1C(=O)/C(=C/c2ccc3ccccc3n2)S/C1=N\S(=O)(=O)c1ccccc1. The van der Waals surface area contributed by atoms with E-state index < -0.39 is 10.0 Å². The second-order valence-corrected chi connectivity index (χ2v) is 9.62. The Balaban J connectivity index is 1.69. The van der Waals surface area contributed by atoms with E-state index in [4.69, 9.17) is 4.74 Å². The number of pyridine rings is 1. The summed E-state index contributed by atoms with van der Waals surface area (Å²) in [6.45, 7) is 0.740. The van der Waals surface area contributed by atoms with E-state index in [0.29, 0.717) is 30.2 Å². The minimum Gasteiger partial charge on any atom is -0.385 e. The first-order valence-electron chi connectivity index (χ1n) is 9.94. The molecule has 2 heterocycles. The van der Waals surface area contributed by atoms with Gasteiger partial charge < -0.3 is 4.74 Å². The summed E-state index contributed by atoms with van der Waals surface area (Å²) in [5.41, 5.74) is 1.43. The fraction of sp³-hybridized carbons (Fsp3) is 0.174. The van der Waals surface area contributed by atoms with Crippen molar-refractivity contribution in [3.8, 4) is 0 Å². The molecule has 9 heteroatoms. The average molecular weight is 468 g/mol. The smallest absolute Gasteiger partial charge is 0.284 e. The predicted molar refractivity (Wildman–Crippen MR) is 127 cm³/mol. The quantitative estimate of drug-likeness (QED) is 0.386. The van der Waals surface area contributed by atoms with Gasteiger partial charge in [-0.05, 0) is 48.5 Å². The Hall–Kier alpha value is -3.01. The maximum absolute atomic E-state index is 13.1. The summed E-state index contributed by atoms with van der Waals surface area (Å²) < 4.78 is 34.6. The summed E-state index contributed by atoms with van der Waals surface area (Å²) in [6, 6.07) is 19.4. The maximum atomic E-state index is 13.1. The lowest BCUT2D eigenvalue weighted by Crippen LogP contribution is -2.31. The minimum atomic E-state index is -3.96. The van der Waals surface area contributed by atoms with Crippen molar-refractivity contribution in [3.05, 3.63) is 77.3 Å². The topological polar surface area (TPSA) is 88.9 Å². The molecule has 1 aliphatic rings. The highest BCUT2D eigenvalue weighted by molar-refractivity contribution is 8.19. The zero-order valence-corrected chi connectivity index (χ0v) is 19.0. The molecule has 4 rings (SSSR count). The van der Waals surface area contributed by atoms with Gasteiger partial charge in [0, 0.05) is 25.6 Å². The third kappa shape index (κ3) is 4.90. The van der Waals surface area contributed by atoms with Crippen molar-refractivity contribution in [2.75, 3.05) is 20.3 Å². The van der Waals surface area contributed by atoms with Crippen LogP contribution >= 0.6 is 11.8 Å². The number of methoxy groups -OCH3 is 1. The number of fused-ring (bicyclic) bond motifs is 1. The van der Waals surface area contributed by atoms with Crippen molar-refractivity contribution in [2.24, 2.45) is 4.40 Å². The lowest BCUT2D eigenvalue weighted by molar-refractivity contribution is -0.122. The van der Waals surface area contributed by atoms with E-state index in [1.54, 1.807) is 31.4 Å². The fourth-order valence-corrected chi connectivity index (χ4v) is 5.40. The molecule has 0 radical (unpaired) electrons. The van der Waals surface area contributed by atoms with Crippen molar-refractivity contribution < 1.29 is 17.9 Å². The molecule has 1 saturated heterocycles. The third-order valence-corrected chi connectivity index (χ3v) is 7.16. The van der Waals surface area contributed by atoms with Crippen LogP contribution in [0, 0.1) is 0 Å². The first kappa shape index (κ1) is 22.2. The van der Waals surface area contributed by atoms with E-state index in [0.717, 1.165) is 22.7 Å². The van der Waals surface area contributed by atoms with Gasteiger partial charge in [0.2, 0.25) is 0 Å². The minimum absolute atomic E-state index is 0.0750. The van der Waals surface area contributed by atoms with Crippen LogP contribution in [0.5, 0.6) is 0 Å². The molecular weight excluding hydrogens is 446 g/mol. The Labute approximate surface area is 190 Å². The van der Waals surface area contributed by atoms with Crippen molar-refractivity contribution in [3.63, 3.8) is 0 Å². The van der Waals surface area contributed by atoms with Crippen LogP contribution in [0.15, 0.2) is 80.9 Å². The van der Waals surface area contributed by atoms with E-state index in [1.165, 1.54) is 17.0 Å². The number of para-hydroxylation sites is 1. The van der Waals surface area contributed by atoms with Gasteiger partial charge in [-0.25, -0.2) is 4.98 Å². The van der Waals surface area contributed by atoms with Crippen LogP contribution in [-0.2, 0) is 19.6 Å². The van der Waals surface area contributed by atoms with Crippen LogP contribution in [0.3, 0.4) is 0 Å². The van der Waals surface area contributed by atoms with Crippen molar-refractivity contribution in [2.45, 2.75) is 11.3 Å². The molecule has 164 valence electrons. The van der Waals surface area contributed by atoms with Crippen molar-refractivity contribution in [1.82, 2.24) is 9.88 Å². The van der Waals surface area contributed by atoms with Crippen LogP contribution in [0.4, 0.5) is 0 Å². The number of hydrogen-bond donors (Lipinski definition) is 0. The molecule has 7 nitrogen and oxygen atoms in total. The zero-order valence-electron chi connectivity index (χ0n) is 17.3. The molecule has 0 unspecified atom stereocenters. The summed E-state index contributed by atoms with van der Waals surface area (Å²) in [6.07, 6.45) is 2.22. The number of nitrogens with zero attached hydrogens (tertiary/aromatic N) is 3. The standard InChI is InChI=1S/C23H21N3O4S2/c1-30-15-7-14-26-22(27)21(16-18-13-12-17-8-5-6-11-20(17)24-18)31-23(26)25-32(28,29)19-9-3-2-4-10-19/h2-6,8-13,16H,7,14-15H2,1H3/b21-16-,25-23-. The van der Waals surface area contributed by atoms with Gasteiger partial charge >= 0.3 is 0 Å². The Kier molecular flexibility index (Phi) is 6.69. The number of ether oxygens (including phenoxy) is 1. The normalized spacial score (nSPS) is 17.0. The van der Waals surface area contributed by atoms with Crippen LogP contribution in [0.1, 0.15) is 12.1 Å². The van der Waals surface area contributed by atoms with Gasteiger partial charge in [0.15, 0.2) is 5.17 Å². The summed E-state index contributed by atoms with van der Waals surface area (Å²) >= 11 is 1.03. The van der Waals surface area contributed by atoms with Crippen molar-refractivity contribution >= 4 is 49.8 Å². The van der Waals surface area contributed by atoms with Crippen LogP contribution in [-0.4, -0.2) is 49.6 Å². The lowest BCUT2D eigenvalue weighted by Gasteiger charge is -2.15. The second-order valence-electron chi connectivity index (χ2n) is 7.00. The number of carbonyl (C=O) groups excluding carboxylic acids is 1. The van der Waals surface area contributed by atoms with Gasteiger partial charge in [0.1, 0.15) is 0 Å². The summed E-state index contributed by atoms with van der Waals surface area (Å²) in [5.74, 6) is -0.303. The predicted octanol–water partition coefficient (Wildman–Crippen LogP) is 3.93. The van der Waals surface area contributed by atoms with E-state index in [-0.39, 0.29) is 16.0 Å². The van der Waals surface area contributed by atoms with Gasteiger partial charge in [-0.1, -0.05) is 42.5 Å². The van der Waals surface area contributed by atoms with E-state index in [9.17, 15) is 13.2 Å². The molecule has 0 atom stereocenters. The Morgan fingerprint density at radius 1 is 1.06 bits per heavy atom. The van der Waals surface area contributed by atoms with Crippen LogP contribution < -0.4 is 0 Å². The van der Waals surface area contributed by atoms with Crippen LogP contribution in [0.2, 0.25) is 0 Å². The number of benzene rings is 2. The number of sulfonamides is 1. The first-order valence-corrected chi connectivity index (χ1v) is 12.2. The number of aromatic nitrogens is 1. The molecule has 0 spiro atoms. The van der Waals surface area contributed by atoms with Gasteiger partial charge in [0.25, 0.3) is 15.9 Å². The average Bonchev–Trinajstić information content (AvgIpc) is 3.08. The number of rotatable bonds is 7. The fourth-order valence-electron chi connectivity index (χ4n) is 3.18. The summed E-state index contributed by atoms with van der Waals surface area (Å²) in [4.78, 5) is 19.5. The Bertz CT molecular complexity index is 1310. The molecule has 3 aromatic rings. The summed E-state index contributed by atoms with van der Waals surface area (Å²) in [7, 11) is -2.38. The van der Waals surface area contributed by atoms with Gasteiger partial charge in [-0.3, -0.25) is 9.69 Å². The maximum Gasteiger partial charge on any atom is 0.284 e. The third-order valence-electron chi connectivity index (χ3n) is 4.76. The number of carbonyl (C=O) groups is 1. The highest BCUT2D eigenvalue weighted by Crippen LogP contribution is 2.34. The summed E-state index contributed by atoms with van der Waals surface area (Å²) in [5, 5.41) is 1.12. The van der Waals surface area contributed by atoms with E-state index >= 15 is 0 Å². The van der Waals surface area contributed by atoms with Gasteiger partial charge in [-0.2, -0.15) is 8.42 Å². The van der Waals surface area contributed by atoms with Gasteiger partial charge in [0.05, 0.1) is 21.0 Å². The highest BCUT2D eigenvalue weighted by atomic mass is 32.2. The first-order chi connectivity index (χ1) is 15.5. The largest absolute Gasteiger partial charge is 0.385 e. The molecule has 0 aliphatic carbocycles. The number of amidine groups is 1. The second kappa shape index (κ2) is 9.64. The molecule has 32 heavy (non-hydrogen) atoms. The monoisotopic (exact) mass is 467 g/mol. The van der Waals surface area contributed by atoms with Crippen molar-refractivity contribution in [1.29, 1.82) is 0 Å². The Morgan fingerprint density at radius 3 is 2.59 bits per heavy atom. The molecule has 0 bridgehead atoms. The van der Waals surface area contributed by atoms with Gasteiger partial charge in [-0.15, -0.1) is 4.40 Å². The van der Waals surface area contributed by atoms with E-state index in [1.807, 2.05) is 36.4 Å². The molecule has 1 aromatic heterocycles. The number of thioether (sulfide) groups is 1. The van der Waals surface area contributed by atoms with Crippen LogP contribution in [0.25, 0.3) is 17.0 Å². The van der Waals surface area contributed by atoms with E-state index in [2.05, 4.69) is 9.38 Å².